The normalized spacial score (nSPS) is 45.0. The molecule has 0 radical (unpaired) electrons. The summed E-state index contributed by atoms with van der Waals surface area (Å²) in [5.41, 5.74) is -1.17. The minimum atomic E-state index is -1.17. The Kier molecular flexibility index (Phi) is 4.72. The van der Waals surface area contributed by atoms with Crippen LogP contribution in [0.15, 0.2) is 0 Å². The number of fused-ring (bicyclic) bond motifs is 2. The number of hydrogen-bond donors (Lipinski definition) is 2. The summed E-state index contributed by atoms with van der Waals surface area (Å²) in [4.78, 5) is 25.0. The number of carbonyl (C=O) groups excluding carboxylic acids is 1. The molecule has 4 fully saturated rings. The molecule has 2 saturated heterocycles. The van der Waals surface area contributed by atoms with Crippen molar-refractivity contribution in [1.29, 1.82) is 0 Å². The molecule has 2 saturated carbocycles. The van der Waals surface area contributed by atoms with Gasteiger partial charge in [0.2, 0.25) is 12.5 Å². The first-order valence-corrected chi connectivity index (χ1v) is 10.3. The largest absolute Gasteiger partial charge is 0.370 e. The Morgan fingerprint density at radius 2 is 2.15 bits per heavy atom. The summed E-state index contributed by atoms with van der Waals surface area (Å²) in [7, 11) is 0. The van der Waals surface area contributed by atoms with Gasteiger partial charge in [0.15, 0.2) is 0 Å². The Bertz CT molecular complexity index is 585. The van der Waals surface area contributed by atoms with E-state index in [0.717, 1.165) is 13.0 Å². The van der Waals surface area contributed by atoms with E-state index in [1.807, 2.05) is 6.92 Å². The first kappa shape index (κ1) is 18.2. The van der Waals surface area contributed by atoms with Crippen LogP contribution in [0.5, 0.6) is 0 Å². The summed E-state index contributed by atoms with van der Waals surface area (Å²) in [6.45, 7) is 3.42. The fourth-order valence-electron chi connectivity index (χ4n) is 6.50. The van der Waals surface area contributed by atoms with Crippen LogP contribution in [-0.4, -0.2) is 52.2 Å². The number of likely N-dealkylation sites (tertiary alicyclic amines) is 1. The highest BCUT2D eigenvalue weighted by Crippen LogP contribution is 2.52. The van der Waals surface area contributed by atoms with E-state index in [9.17, 15) is 20.0 Å². The second-order valence-corrected chi connectivity index (χ2v) is 9.11. The number of amides is 1. The third kappa shape index (κ3) is 2.93. The van der Waals surface area contributed by atoms with Gasteiger partial charge in [0.1, 0.15) is 5.72 Å². The van der Waals surface area contributed by atoms with Crippen LogP contribution in [0.4, 0.5) is 0 Å². The zero-order valence-corrected chi connectivity index (χ0v) is 15.6. The molecule has 4 rings (SSSR count). The predicted molar refractivity (Wildman–Crippen MR) is 95.8 cm³/mol. The summed E-state index contributed by atoms with van der Waals surface area (Å²) in [5, 5.41) is 25.9. The lowest BCUT2D eigenvalue weighted by Crippen LogP contribution is -2.48. The van der Waals surface area contributed by atoms with Gasteiger partial charge in [0.25, 0.3) is 0 Å². The predicted octanol–water partition coefficient (Wildman–Crippen LogP) is 1.62. The molecule has 0 spiro atoms. The van der Waals surface area contributed by atoms with E-state index in [-0.39, 0.29) is 41.5 Å². The van der Waals surface area contributed by atoms with E-state index in [1.165, 1.54) is 25.7 Å². The fraction of sp³-hybridized carbons (Fsp3) is 0.947. The van der Waals surface area contributed by atoms with Crippen LogP contribution in [0.1, 0.15) is 51.9 Å². The number of nitro groups is 1. The number of nitrogens with one attached hydrogen (secondary N) is 1. The van der Waals surface area contributed by atoms with Crippen molar-refractivity contribution < 1.29 is 14.8 Å². The molecule has 4 unspecified atom stereocenters. The Labute approximate surface area is 154 Å². The van der Waals surface area contributed by atoms with E-state index in [0.29, 0.717) is 30.8 Å². The van der Waals surface area contributed by atoms with Crippen LogP contribution in [0.2, 0.25) is 0 Å². The molecule has 7 atom stereocenters. The lowest BCUT2D eigenvalue weighted by atomic mass is 9.78. The lowest BCUT2D eigenvalue weighted by molar-refractivity contribution is -0.491. The molecule has 4 aliphatic rings. The van der Waals surface area contributed by atoms with Gasteiger partial charge in [-0.1, -0.05) is 19.8 Å². The quantitative estimate of drug-likeness (QED) is 0.570. The highest BCUT2D eigenvalue weighted by Gasteiger charge is 2.61. The number of carbonyl (C=O) groups is 1. The molecule has 0 aromatic rings. The summed E-state index contributed by atoms with van der Waals surface area (Å²) in [5.74, 6) is 0.825. The smallest absolute Gasteiger partial charge is 0.225 e. The minimum absolute atomic E-state index is 0.0242. The van der Waals surface area contributed by atoms with Crippen LogP contribution in [0, 0.1) is 39.7 Å². The maximum Gasteiger partial charge on any atom is 0.225 e. The first-order valence-electron chi connectivity index (χ1n) is 10.3. The molecular formula is C19H31N3O4. The fourth-order valence-corrected chi connectivity index (χ4v) is 6.50. The molecule has 1 amide bonds. The SMILES string of the molecule is C[C@H]1CC2(O)C(CC(=O)N2CC[C@@H]2CNC3CCCCC32)[C@@H]1C[N+](=O)[O-]. The van der Waals surface area contributed by atoms with Gasteiger partial charge in [0, 0.05) is 35.8 Å². The molecule has 146 valence electrons. The molecule has 26 heavy (non-hydrogen) atoms. The average molecular weight is 365 g/mol. The van der Waals surface area contributed by atoms with Gasteiger partial charge in [-0.05, 0) is 50.0 Å². The molecule has 2 heterocycles. The molecule has 0 aromatic carbocycles. The van der Waals surface area contributed by atoms with Crippen molar-refractivity contribution in [1.82, 2.24) is 10.2 Å². The van der Waals surface area contributed by atoms with Crippen molar-refractivity contribution in [3.05, 3.63) is 10.1 Å². The van der Waals surface area contributed by atoms with Gasteiger partial charge in [-0.25, -0.2) is 0 Å². The van der Waals surface area contributed by atoms with Gasteiger partial charge in [0.05, 0.1) is 0 Å². The van der Waals surface area contributed by atoms with Crippen molar-refractivity contribution in [3.8, 4) is 0 Å². The monoisotopic (exact) mass is 365 g/mol. The number of aliphatic hydroxyl groups is 1. The third-order valence-electron chi connectivity index (χ3n) is 7.78. The van der Waals surface area contributed by atoms with Gasteiger partial charge < -0.3 is 15.3 Å². The van der Waals surface area contributed by atoms with Crippen molar-refractivity contribution in [2.75, 3.05) is 19.6 Å². The number of nitrogens with zero attached hydrogens (tertiary/aromatic N) is 2. The van der Waals surface area contributed by atoms with Crippen molar-refractivity contribution in [2.45, 2.75) is 63.6 Å². The Hall–Kier alpha value is -1.21. The molecule has 2 N–H and O–H groups in total. The molecule has 0 aromatic heterocycles. The zero-order valence-electron chi connectivity index (χ0n) is 15.6. The van der Waals surface area contributed by atoms with Crippen molar-refractivity contribution in [2.24, 2.45) is 29.6 Å². The van der Waals surface area contributed by atoms with Crippen LogP contribution >= 0.6 is 0 Å². The number of hydrogen-bond acceptors (Lipinski definition) is 5. The van der Waals surface area contributed by atoms with Crippen LogP contribution in [-0.2, 0) is 4.79 Å². The highest BCUT2D eigenvalue weighted by molar-refractivity contribution is 5.80. The maximum atomic E-state index is 12.6. The van der Waals surface area contributed by atoms with E-state index in [2.05, 4.69) is 5.32 Å². The zero-order chi connectivity index (χ0) is 18.5. The molecule has 2 aliphatic carbocycles. The second kappa shape index (κ2) is 6.75. The molecule has 7 heteroatoms. The average Bonchev–Trinajstić information content (AvgIpc) is 3.17. The molecular weight excluding hydrogens is 334 g/mol. The van der Waals surface area contributed by atoms with E-state index in [1.54, 1.807) is 4.90 Å². The summed E-state index contributed by atoms with van der Waals surface area (Å²) in [6, 6.07) is 0.634. The van der Waals surface area contributed by atoms with Crippen LogP contribution < -0.4 is 5.32 Å². The van der Waals surface area contributed by atoms with Gasteiger partial charge in [-0.2, -0.15) is 0 Å². The summed E-state index contributed by atoms with van der Waals surface area (Å²) < 4.78 is 0. The molecule has 0 bridgehead atoms. The standard InChI is InChI=1S/C19H31N3O4/c1-12-9-19(24)16(15(12)11-22(25)26)8-18(23)21(19)7-6-13-10-20-17-5-3-2-4-14(13)17/h12-17,20,24H,2-11H2,1H3/t12-,13+,14?,15+,16?,17?,19?/m0/s1. The first-order chi connectivity index (χ1) is 12.4. The van der Waals surface area contributed by atoms with Gasteiger partial charge in [-0.15, -0.1) is 0 Å². The van der Waals surface area contributed by atoms with Gasteiger partial charge in [-0.3, -0.25) is 14.9 Å². The second-order valence-electron chi connectivity index (χ2n) is 9.11. The van der Waals surface area contributed by atoms with E-state index < -0.39 is 5.72 Å². The summed E-state index contributed by atoms with van der Waals surface area (Å²) >= 11 is 0. The van der Waals surface area contributed by atoms with E-state index >= 15 is 0 Å². The maximum absolute atomic E-state index is 12.6. The Morgan fingerprint density at radius 3 is 2.92 bits per heavy atom. The van der Waals surface area contributed by atoms with Crippen LogP contribution in [0.3, 0.4) is 0 Å². The van der Waals surface area contributed by atoms with Gasteiger partial charge >= 0.3 is 0 Å². The minimum Gasteiger partial charge on any atom is -0.370 e. The highest BCUT2D eigenvalue weighted by atomic mass is 16.6. The lowest BCUT2D eigenvalue weighted by Gasteiger charge is -2.35. The Balaban J connectivity index is 1.42. The summed E-state index contributed by atoms with van der Waals surface area (Å²) in [6.07, 6.45) is 6.78. The van der Waals surface area contributed by atoms with E-state index in [4.69, 9.17) is 0 Å². The molecule has 7 nitrogen and oxygen atoms in total. The topological polar surface area (TPSA) is 95.7 Å². The van der Waals surface area contributed by atoms with Crippen molar-refractivity contribution >= 4 is 5.91 Å². The third-order valence-corrected chi connectivity index (χ3v) is 7.78. The Morgan fingerprint density at radius 1 is 1.38 bits per heavy atom. The van der Waals surface area contributed by atoms with Crippen molar-refractivity contribution in [3.63, 3.8) is 0 Å². The number of rotatable bonds is 5. The van der Waals surface area contributed by atoms with Crippen LogP contribution in [0.25, 0.3) is 0 Å². The molecule has 2 aliphatic heterocycles.